The Labute approximate surface area is 200 Å². The van der Waals surface area contributed by atoms with E-state index in [-0.39, 0.29) is 17.3 Å². The van der Waals surface area contributed by atoms with Gasteiger partial charge in [0, 0.05) is 11.4 Å². The second-order valence-electron chi connectivity index (χ2n) is 8.68. The van der Waals surface area contributed by atoms with Crippen LogP contribution in [-0.4, -0.2) is 30.2 Å². The van der Waals surface area contributed by atoms with Gasteiger partial charge in [0.15, 0.2) is 0 Å². The number of nitrogens with zero attached hydrogens (tertiary/aromatic N) is 3. The lowest BCUT2D eigenvalue weighted by Gasteiger charge is -2.19. The summed E-state index contributed by atoms with van der Waals surface area (Å²) in [5.74, 6) is -0.428. The number of benzene rings is 1. The van der Waals surface area contributed by atoms with E-state index < -0.39 is 28.2 Å². The van der Waals surface area contributed by atoms with Crippen LogP contribution in [-0.2, 0) is 10.2 Å². The van der Waals surface area contributed by atoms with E-state index in [4.69, 9.17) is 0 Å². The summed E-state index contributed by atoms with van der Waals surface area (Å²) in [7, 11) is -4.52. The molecule has 1 aliphatic rings. The van der Waals surface area contributed by atoms with Crippen molar-refractivity contribution >= 4 is 26.8 Å². The Balaban J connectivity index is 1.74. The molecule has 1 aromatic carbocycles. The third kappa shape index (κ3) is 4.97. The van der Waals surface area contributed by atoms with Gasteiger partial charge in [-0.1, -0.05) is 12.8 Å². The summed E-state index contributed by atoms with van der Waals surface area (Å²) in [4.78, 5) is 4.30. The zero-order chi connectivity index (χ0) is 25.5. The van der Waals surface area contributed by atoms with Crippen molar-refractivity contribution in [2.45, 2.75) is 57.8 Å². The molecule has 0 unspecified atom stereocenters. The predicted octanol–water partition coefficient (Wildman–Crippen LogP) is 5.33. The minimum atomic E-state index is -4.74. The fourth-order valence-electron chi connectivity index (χ4n) is 4.42. The molecule has 2 aromatic heterocycles. The van der Waals surface area contributed by atoms with Gasteiger partial charge in [-0.05, 0) is 56.5 Å². The quantitative estimate of drug-likeness (QED) is 0.439. The fourth-order valence-corrected chi connectivity index (χ4v) is 5.51. The summed E-state index contributed by atoms with van der Waals surface area (Å²) in [6.45, 7) is 2.34. The number of nitrogens with one attached hydrogen (secondary N) is 2. The van der Waals surface area contributed by atoms with Gasteiger partial charge in [0.25, 0.3) is 10.2 Å². The molecule has 0 spiro atoms. The topological polar surface area (TPSA) is 99.8 Å². The normalized spacial score (nSPS) is 15.9. The average molecular weight is 510 g/mol. The number of alkyl halides is 3. The average Bonchev–Trinajstić information content (AvgIpc) is 3.39. The first-order valence-corrected chi connectivity index (χ1v) is 12.5. The largest absolute Gasteiger partial charge is 0.404 e. The molecule has 1 fully saturated rings. The predicted molar refractivity (Wildman–Crippen MR) is 123 cm³/mol. The Hall–Kier alpha value is -3.17. The third-order valence-corrected chi connectivity index (χ3v) is 7.33. The molecule has 0 saturated heterocycles. The van der Waals surface area contributed by atoms with Crippen LogP contribution in [0.1, 0.15) is 49.8 Å². The van der Waals surface area contributed by atoms with Crippen molar-refractivity contribution in [1.29, 1.82) is 5.26 Å². The number of hydrogen-bond donors (Lipinski definition) is 2. The van der Waals surface area contributed by atoms with Crippen molar-refractivity contribution in [3.63, 3.8) is 0 Å². The molecule has 0 radical (unpaired) electrons. The molecule has 4 rings (SSSR count). The summed E-state index contributed by atoms with van der Waals surface area (Å²) in [5.41, 5.74) is 2.23. The van der Waals surface area contributed by atoms with E-state index in [1.165, 1.54) is 22.9 Å². The van der Waals surface area contributed by atoms with Gasteiger partial charge in [-0.15, -0.1) is 0 Å². The molecular weight excluding hydrogens is 486 g/mol. The SMILES string of the molecule is Cc1cc2c(cc1F)c(C#N)c(-c1ccc(NS(=O)(=O)N[C@@H](C)C(F)(F)F)cn1)n2C1CCCC1. The molecule has 2 N–H and O–H groups in total. The summed E-state index contributed by atoms with van der Waals surface area (Å²) < 4.78 is 82.2. The Morgan fingerprint density at radius 3 is 2.49 bits per heavy atom. The molecule has 7 nitrogen and oxygen atoms in total. The lowest BCUT2D eigenvalue weighted by atomic mass is 10.1. The highest BCUT2D eigenvalue weighted by Gasteiger charge is 2.38. The first kappa shape index (κ1) is 24.9. The van der Waals surface area contributed by atoms with Gasteiger partial charge in [0.2, 0.25) is 0 Å². The molecule has 0 bridgehead atoms. The van der Waals surface area contributed by atoms with Crippen LogP contribution in [0.4, 0.5) is 23.2 Å². The zero-order valence-corrected chi connectivity index (χ0v) is 19.8. The van der Waals surface area contributed by atoms with E-state index in [0.717, 1.165) is 37.4 Å². The number of aromatic nitrogens is 2. The van der Waals surface area contributed by atoms with E-state index in [9.17, 15) is 31.2 Å². The van der Waals surface area contributed by atoms with E-state index in [2.05, 4.69) is 11.1 Å². The molecule has 1 aliphatic carbocycles. The van der Waals surface area contributed by atoms with Gasteiger partial charge in [-0.25, -0.2) is 4.39 Å². The highest BCUT2D eigenvalue weighted by molar-refractivity contribution is 7.90. The summed E-state index contributed by atoms with van der Waals surface area (Å²) >= 11 is 0. The van der Waals surface area contributed by atoms with Crippen LogP contribution in [0.15, 0.2) is 30.5 Å². The molecule has 1 saturated carbocycles. The number of rotatable bonds is 6. The van der Waals surface area contributed by atoms with E-state index in [1.807, 2.05) is 9.29 Å². The molecule has 2 heterocycles. The number of nitriles is 1. The number of hydrogen-bond acceptors (Lipinski definition) is 4. The van der Waals surface area contributed by atoms with Crippen LogP contribution >= 0.6 is 0 Å². The first-order valence-electron chi connectivity index (χ1n) is 11.0. The van der Waals surface area contributed by atoms with Crippen LogP contribution in [0, 0.1) is 24.1 Å². The molecular formula is C23H23F4N5O2S. The molecule has 186 valence electrons. The second-order valence-corrected chi connectivity index (χ2v) is 10.1. The number of fused-ring (bicyclic) bond motifs is 1. The van der Waals surface area contributed by atoms with Gasteiger partial charge in [0.05, 0.1) is 34.4 Å². The first-order chi connectivity index (χ1) is 16.4. The van der Waals surface area contributed by atoms with Crippen LogP contribution in [0.5, 0.6) is 0 Å². The third-order valence-electron chi connectivity index (χ3n) is 6.17. The zero-order valence-electron chi connectivity index (χ0n) is 18.9. The fraction of sp³-hybridized carbons (Fsp3) is 0.391. The van der Waals surface area contributed by atoms with Crippen molar-refractivity contribution < 1.29 is 26.0 Å². The number of aryl methyl sites for hydroxylation is 1. The standard InChI is InChI=1S/C23H23F4N5O2S/c1-13-9-21-17(10-19(13)24)18(11-28)22(32(21)16-5-3-4-6-16)20-8-7-15(12-29-20)31-35(33,34)30-14(2)23(25,26)27/h7-10,12,14,16,30-31H,3-6H2,1-2H3/t14-/m0/s1. The molecule has 3 aromatic rings. The lowest BCUT2D eigenvalue weighted by molar-refractivity contribution is -0.147. The van der Waals surface area contributed by atoms with Crippen molar-refractivity contribution in [3.8, 4) is 17.5 Å². The van der Waals surface area contributed by atoms with Gasteiger partial charge in [-0.3, -0.25) is 9.71 Å². The maximum absolute atomic E-state index is 14.4. The van der Waals surface area contributed by atoms with Gasteiger partial charge >= 0.3 is 6.18 Å². The highest BCUT2D eigenvalue weighted by atomic mass is 32.2. The van der Waals surface area contributed by atoms with Gasteiger partial charge in [0.1, 0.15) is 17.9 Å². The van der Waals surface area contributed by atoms with E-state index in [0.29, 0.717) is 29.3 Å². The van der Waals surface area contributed by atoms with Crippen molar-refractivity contribution in [3.05, 3.63) is 47.4 Å². The Morgan fingerprint density at radius 2 is 1.91 bits per heavy atom. The Morgan fingerprint density at radius 1 is 1.23 bits per heavy atom. The van der Waals surface area contributed by atoms with Crippen molar-refractivity contribution in [1.82, 2.24) is 14.3 Å². The van der Waals surface area contributed by atoms with Gasteiger partial charge in [-0.2, -0.15) is 31.6 Å². The Kier molecular flexibility index (Phi) is 6.50. The summed E-state index contributed by atoms with van der Waals surface area (Å²) in [5, 5.41) is 10.4. The van der Waals surface area contributed by atoms with Crippen LogP contribution in [0.3, 0.4) is 0 Å². The lowest BCUT2D eigenvalue weighted by Crippen LogP contribution is -2.45. The molecule has 12 heteroatoms. The summed E-state index contributed by atoms with van der Waals surface area (Å²) in [6.07, 6.45) is 0.233. The molecule has 0 aliphatic heterocycles. The van der Waals surface area contributed by atoms with Crippen molar-refractivity contribution in [2.24, 2.45) is 0 Å². The maximum Gasteiger partial charge on any atom is 0.404 e. The number of anilines is 1. The van der Waals surface area contributed by atoms with Crippen LogP contribution in [0.25, 0.3) is 22.3 Å². The number of halogens is 4. The Bertz CT molecular complexity index is 1400. The van der Waals surface area contributed by atoms with E-state index >= 15 is 0 Å². The number of pyridine rings is 1. The molecule has 35 heavy (non-hydrogen) atoms. The van der Waals surface area contributed by atoms with Crippen molar-refractivity contribution in [2.75, 3.05) is 4.72 Å². The molecule has 0 amide bonds. The summed E-state index contributed by atoms with van der Waals surface area (Å²) in [6, 6.07) is 5.85. The van der Waals surface area contributed by atoms with Crippen LogP contribution in [0.2, 0.25) is 0 Å². The second kappa shape index (κ2) is 9.13. The monoisotopic (exact) mass is 509 g/mol. The minimum absolute atomic E-state index is 0.0560. The minimum Gasteiger partial charge on any atom is -0.335 e. The maximum atomic E-state index is 14.4. The van der Waals surface area contributed by atoms with Crippen LogP contribution < -0.4 is 9.44 Å². The van der Waals surface area contributed by atoms with Gasteiger partial charge < -0.3 is 4.57 Å². The highest BCUT2D eigenvalue weighted by Crippen LogP contribution is 2.41. The van der Waals surface area contributed by atoms with E-state index in [1.54, 1.807) is 13.0 Å². The molecule has 1 atom stereocenters. The smallest absolute Gasteiger partial charge is 0.335 e.